The van der Waals surface area contributed by atoms with Gasteiger partial charge in [0.2, 0.25) is 0 Å². The molecule has 9 heavy (non-hydrogen) atoms. The highest BCUT2D eigenvalue weighted by Gasteiger charge is 2.68. The third-order valence-corrected chi connectivity index (χ3v) is 2.85. The molecule has 0 radical (unpaired) electrons. The van der Waals surface area contributed by atoms with Crippen molar-refractivity contribution < 1.29 is 9.53 Å². The molecule has 1 heterocycles. The smallest absolute Gasteiger partial charge is 0.148 e. The van der Waals surface area contributed by atoms with Crippen LogP contribution in [0.25, 0.3) is 0 Å². The third-order valence-electron chi connectivity index (χ3n) is 2.85. The maximum atomic E-state index is 11.0. The molecule has 3 atom stereocenters. The second-order valence-electron chi connectivity index (χ2n) is 3.18. The molecule has 1 aliphatic carbocycles. The van der Waals surface area contributed by atoms with Crippen molar-refractivity contribution in [2.45, 2.75) is 20.0 Å². The van der Waals surface area contributed by atoms with E-state index in [0.29, 0.717) is 12.4 Å². The van der Waals surface area contributed by atoms with E-state index < -0.39 is 0 Å². The molecule has 1 saturated carbocycles. The number of hydrogen-bond donors (Lipinski definition) is 0. The second kappa shape index (κ2) is 1.21. The average Bonchev–Trinajstić information content (AvgIpc) is 2.15. The van der Waals surface area contributed by atoms with Gasteiger partial charge in [-0.25, -0.2) is 0 Å². The van der Waals surface area contributed by atoms with Crippen molar-refractivity contribution in [2.24, 2.45) is 11.3 Å². The Morgan fingerprint density at radius 2 is 2.44 bits per heavy atom. The SMILES string of the molecule is CC1OCC2C(=O)C12C. The second-order valence-corrected chi connectivity index (χ2v) is 3.18. The molecule has 0 aromatic heterocycles. The Labute approximate surface area is 54.2 Å². The molecule has 0 N–H and O–H groups in total. The Hall–Kier alpha value is -0.370. The van der Waals surface area contributed by atoms with Gasteiger partial charge in [-0.3, -0.25) is 4.79 Å². The summed E-state index contributed by atoms with van der Waals surface area (Å²) < 4.78 is 5.27. The van der Waals surface area contributed by atoms with E-state index in [1.165, 1.54) is 0 Å². The third kappa shape index (κ3) is 0.399. The van der Waals surface area contributed by atoms with Crippen molar-refractivity contribution >= 4 is 5.78 Å². The predicted molar refractivity (Wildman–Crippen MR) is 32.0 cm³/mol. The maximum Gasteiger partial charge on any atom is 0.148 e. The van der Waals surface area contributed by atoms with Gasteiger partial charge >= 0.3 is 0 Å². The molecule has 2 heteroatoms. The minimum absolute atomic E-state index is 0.0833. The van der Waals surface area contributed by atoms with Crippen LogP contribution in [0.5, 0.6) is 0 Å². The van der Waals surface area contributed by atoms with Crippen LogP contribution in [0.15, 0.2) is 0 Å². The molecule has 0 aromatic rings. The Kier molecular flexibility index (Phi) is 0.730. The lowest BCUT2D eigenvalue weighted by molar-refractivity contribution is -0.117. The summed E-state index contributed by atoms with van der Waals surface area (Å²) in [6, 6.07) is 0. The Morgan fingerprint density at radius 3 is 2.67 bits per heavy atom. The molecule has 2 nitrogen and oxygen atoms in total. The van der Waals surface area contributed by atoms with Gasteiger partial charge in [0.1, 0.15) is 5.78 Å². The fraction of sp³-hybridized carbons (Fsp3) is 0.857. The standard InChI is InChI=1S/C7H10O2/c1-4-7(2)5(3-9-4)6(7)8/h4-5H,3H2,1-2H3. The number of carbonyl (C=O) groups excluding carboxylic acids is 1. The molecular weight excluding hydrogens is 116 g/mol. The van der Waals surface area contributed by atoms with Crippen molar-refractivity contribution in [1.29, 1.82) is 0 Å². The molecule has 1 aliphatic heterocycles. The molecule has 0 aromatic carbocycles. The van der Waals surface area contributed by atoms with E-state index in [4.69, 9.17) is 4.74 Å². The molecular formula is C7H10O2. The average molecular weight is 126 g/mol. The van der Waals surface area contributed by atoms with Crippen molar-refractivity contribution in [3.63, 3.8) is 0 Å². The number of rotatable bonds is 0. The number of carbonyl (C=O) groups is 1. The van der Waals surface area contributed by atoms with Gasteiger partial charge in [0, 0.05) is 0 Å². The van der Waals surface area contributed by atoms with Gasteiger partial charge in [-0.05, 0) is 13.8 Å². The van der Waals surface area contributed by atoms with Crippen LogP contribution in [-0.2, 0) is 9.53 Å². The normalized spacial score (nSPS) is 55.6. The van der Waals surface area contributed by atoms with Gasteiger partial charge < -0.3 is 4.74 Å². The zero-order chi connectivity index (χ0) is 6.65. The summed E-state index contributed by atoms with van der Waals surface area (Å²) in [5, 5.41) is 0. The van der Waals surface area contributed by atoms with Gasteiger partial charge in [-0.2, -0.15) is 0 Å². The highest BCUT2D eigenvalue weighted by atomic mass is 16.5. The number of Topliss-reactive ketones (excluding diaryl/α,β-unsaturated/α-hetero) is 1. The van der Waals surface area contributed by atoms with Crippen molar-refractivity contribution in [3.8, 4) is 0 Å². The summed E-state index contributed by atoms with van der Waals surface area (Å²) in [4.78, 5) is 11.0. The Balaban J connectivity index is 2.30. The zero-order valence-corrected chi connectivity index (χ0v) is 5.68. The fourth-order valence-corrected chi connectivity index (χ4v) is 1.64. The van der Waals surface area contributed by atoms with Crippen LogP contribution in [0.3, 0.4) is 0 Å². The lowest BCUT2D eigenvalue weighted by atomic mass is 10.0. The summed E-state index contributed by atoms with van der Waals surface area (Å²) in [5.74, 6) is 0.647. The van der Waals surface area contributed by atoms with E-state index in [9.17, 15) is 4.79 Å². The first-order valence-electron chi connectivity index (χ1n) is 3.33. The first-order chi connectivity index (χ1) is 4.17. The van der Waals surface area contributed by atoms with Gasteiger partial charge in [0.25, 0.3) is 0 Å². The lowest BCUT2D eigenvalue weighted by Gasteiger charge is -2.09. The Bertz CT molecular complexity index is 176. The van der Waals surface area contributed by atoms with Crippen LogP contribution in [-0.4, -0.2) is 18.5 Å². The van der Waals surface area contributed by atoms with Crippen LogP contribution in [0.2, 0.25) is 0 Å². The fourth-order valence-electron chi connectivity index (χ4n) is 1.64. The number of ether oxygens (including phenoxy) is 1. The van der Waals surface area contributed by atoms with Crippen LogP contribution < -0.4 is 0 Å². The topological polar surface area (TPSA) is 26.3 Å². The van der Waals surface area contributed by atoms with Gasteiger partial charge in [0.05, 0.1) is 24.0 Å². The van der Waals surface area contributed by atoms with Crippen molar-refractivity contribution in [3.05, 3.63) is 0 Å². The van der Waals surface area contributed by atoms with Crippen LogP contribution in [0, 0.1) is 11.3 Å². The monoisotopic (exact) mass is 126 g/mol. The van der Waals surface area contributed by atoms with E-state index in [1.54, 1.807) is 0 Å². The number of fused-ring (bicyclic) bond motifs is 1. The zero-order valence-electron chi connectivity index (χ0n) is 5.68. The highest BCUT2D eigenvalue weighted by molar-refractivity contribution is 6.04. The van der Waals surface area contributed by atoms with E-state index in [1.807, 2.05) is 13.8 Å². The minimum Gasteiger partial charge on any atom is -0.377 e. The molecule has 3 unspecified atom stereocenters. The van der Waals surface area contributed by atoms with Gasteiger partial charge in [0.15, 0.2) is 0 Å². The first-order valence-corrected chi connectivity index (χ1v) is 3.33. The molecule has 0 bridgehead atoms. The maximum absolute atomic E-state index is 11.0. The van der Waals surface area contributed by atoms with Gasteiger partial charge in [-0.1, -0.05) is 0 Å². The summed E-state index contributed by atoms with van der Waals surface area (Å²) in [7, 11) is 0. The summed E-state index contributed by atoms with van der Waals surface area (Å²) in [6.07, 6.45) is 0.162. The first kappa shape index (κ1) is 5.42. The highest BCUT2D eigenvalue weighted by Crippen LogP contribution is 2.56. The lowest BCUT2D eigenvalue weighted by Crippen LogP contribution is -2.16. The number of ketones is 1. The summed E-state index contributed by atoms with van der Waals surface area (Å²) in [6.45, 7) is 4.64. The van der Waals surface area contributed by atoms with Crippen molar-refractivity contribution in [2.75, 3.05) is 6.61 Å². The van der Waals surface area contributed by atoms with Crippen LogP contribution in [0.1, 0.15) is 13.8 Å². The summed E-state index contributed by atoms with van der Waals surface area (Å²) >= 11 is 0. The van der Waals surface area contributed by atoms with Crippen molar-refractivity contribution in [1.82, 2.24) is 0 Å². The van der Waals surface area contributed by atoms with E-state index in [0.717, 1.165) is 0 Å². The predicted octanol–water partition coefficient (Wildman–Crippen LogP) is 0.610. The largest absolute Gasteiger partial charge is 0.377 e. The van der Waals surface area contributed by atoms with Crippen LogP contribution >= 0.6 is 0 Å². The molecule has 1 saturated heterocycles. The molecule has 50 valence electrons. The van der Waals surface area contributed by atoms with E-state index in [-0.39, 0.29) is 17.4 Å². The van der Waals surface area contributed by atoms with Gasteiger partial charge in [-0.15, -0.1) is 0 Å². The molecule has 0 amide bonds. The molecule has 2 rings (SSSR count). The summed E-state index contributed by atoms with van der Waals surface area (Å²) in [5.41, 5.74) is -0.0833. The molecule has 2 fully saturated rings. The van der Waals surface area contributed by atoms with E-state index >= 15 is 0 Å². The minimum atomic E-state index is -0.0833. The van der Waals surface area contributed by atoms with Crippen LogP contribution in [0.4, 0.5) is 0 Å². The Morgan fingerprint density at radius 1 is 1.78 bits per heavy atom. The number of hydrogen-bond acceptors (Lipinski definition) is 2. The molecule has 0 spiro atoms. The quantitative estimate of drug-likeness (QED) is 0.475. The van der Waals surface area contributed by atoms with E-state index in [2.05, 4.69) is 0 Å². The molecule has 2 aliphatic rings.